The Bertz CT molecular complexity index is 778. The fraction of sp³-hybridized carbons (Fsp3) is 0. The van der Waals surface area contributed by atoms with E-state index in [1.165, 1.54) is 0 Å². The second-order valence-corrected chi connectivity index (χ2v) is 7.62. The lowest BCUT2D eigenvalue weighted by Gasteiger charge is -2.15. The highest BCUT2D eigenvalue weighted by Crippen LogP contribution is 2.41. The van der Waals surface area contributed by atoms with Crippen LogP contribution in [0.4, 0.5) is 11.4 Å². The van der Waals surface area contributed by atoms with E-state index in [-0.39, 0.29) is 11.5 Å². The zero-order valence-electron chi connectivity index (χ0n) is 11.3. The summed E-state index contributed by atoms with van der Waals surface area (Å²) in [6.45, 7) is 0. The Hall–Kier alpha value is -0.900. The van der Waals surface area contributed by atoms with Gasteiger partial charge in [0.15, 0.2) is 0 Å². The summed E-state index contributed by atoms with van der Waals surface area (Å²) in [5.41, 5.74) is 12.7. The van der Waals surface area contributed by atoms with Crippen molar-refractivity contribution in [3.63, 3.8) is 0 Å². The molecule has 0 aliphatic heterocycles. The first-order chi connectivity index (χ1) is 10.7. The largest absolute Gasteiger partial charge is 0.399 e. The number of benzene rings is 2. The molecule has 0 aromatic heterocycles. The van der Waals surface area contributed by atoms with E-state index in [4.69, 9.17) is 11.5 Å². The summed E-state index contributed by atoms with van der Waals surface area (Å²) in [7, 11) is 0. The maximum atomic E-state index is 12.6. The Morgan fingerprint density at radius 1 is 0.826 bits per heavy atom. The number of nitrogens with one attached hydrogen (secondary N) is 1. The van der Waals surface area contributed by atoms with Gasteiger partial charge in [-0.3, -0.25) is 9.59 Å². The van der Waals surface area contributed by atoms with Crippen molar-refractivity contribution in [2.24, 2.45) is 5.73 Å². The minimum absolute atomic E-state index is 0.229. The molecule has 0 heterocycles. The fourth-order valence-corrected chi connectivity index (χ4v) is 4.68. The van der Waals surface area contributed by atoms with Crippen LogP contribution in [0.5, 0.6) is 0 Å². The summed E-state index contributed by atoms with van der Waals surface area (Å²) in [5, 5.41) is 2.76. The summed E-state index contributed by atoms with van der Waals surface area (Å²) in [5.74, 6) is -0.999. The molecule has 2 amide bonds. The molecule has 0 saturated carbocycles. The Morgan fingerprint density at radius 2 is 1.26 bits per heavy atom. The van der Waals surface area contributed by atoms with Gasteiger partial charge in [-0.15, -0.1) is 0 Å². The number of halogens is 4. The van der Waals surface area contributed by atoms with E-state index in [9.17, 15) is 9.59 Å². The van der Waals surface area contributed by atoms with Crippen LogP contribution < -0.4 is 16.8 Å². The maximum Gasteiger partial charge on any atom is 0.258 e. The zero-order valence-corrected chi connectivity index (χ0v) is 17.6. The lowest BCUT2D eigenvalue weighted by molar-refractivity contribution is 0.0993. The molecule has 0 saturated heterocycles. The molecule has 9 heteroatoms. The van der Waals surface area contributed by atoms with Crippen molar-refractivity contribution in [2.45, 2.75) is 0 Å². The second kappa shape index (κ2) is 7.33. The van der Waals surface area contributed by atoms with Crippen molar-refractivity contribution in [3.8, 4) is 0 Å². The molecular formula is C14H9Br4N3O2. The predicted molar refractivity (Wildman–Crippen MR) is 105 cm³/mol. The van der Waals surface area contributed by atoms with Gasteiger partial charge in [-0.05, 0) is 88.0 Å². The first kappa shape index (κ1) is 18.4. The number of hydrogen-bond acceptors (Lipinski definition) is 3. The third-order valence-electron chi connectivity index (χ3n) is 2.91. The van der Waals surface area contributed by atoms with Crippen molar-refractivity contribution >= 4 is 86.9 Å². The summed E-state index contributed by atoms with van der Waals surface area (Å²) >= 11 is 13.2. The van der Waals surface area contributed by atoms with Crippen molar-refractivity contribution in [2.75, 3.05) is 11.1 Å². The standard InChI is InChI=1S/C14H9Br4N3O2/c15-9-7(13(20)22)10(16)12(18)8(11(9)17)14(23)21-6-3-1-5(19)2-4-6/h1-4H,19H2,(H2,20,22)(H,21,23). The highest BCUT2D eigenvalue weighted by Gasteiger charge is 2.25. The molecule has 23 heavy (non-hydrogen) atoms. The van der Waals surface area contributed by atoms with Crippen LogP contribution in [0.2, 0.25) is 0 Å². The van der Waals surface area contributed by atoms with Gasteiger partial charge in [-0.1, -0.05) is 0 Å². The SMILES string of the molecule is NC(=O)c1c(Br)c(Br)c(C(=O)Nc2ccc(N)cc2)c(Br)c1Br. The average molecular weight is 571 g/mol. The van der Waals surface area contributed by atoms with Crippen molar-refractivity contribution in [3.05, 3.63) is 53.3 Å². The molecule has 5 N–H and O–H groups in total. The molecule has 2 aromatic rings. The van der Waals surface area contributed by atoms with E-state index in [2.05, 4.69) is 69.0 Å². The molecule has 0 spiro atoms. The second-order valence-electron chi connectivity index (χ2n) is 4.45. The van der Waals surface area contributed by atoms with Gasteiger partial charge in [0.2, 0.25) is 0 Å². The number of carbonyl (C=O) groups excluding carboxylic acids is 2. The molecule has 0 fully saturated rings. The number of rotatable bonds is 3. The molecular weight excluding hydrogens is 562 g/mol. The van der Waals surface area contributed by atoms with Crippen molar-refractivity contribution in [1.29, 1.82) is 0 Å². The minimum Gasteiger partial charge on any atom is -0.399 e. The molecule has 2 aromatic carbocycles. The molecule has 0 radical (unpaired) electrons. The molecule has 5 nitrogen and oxygen atoms in total. The Balaban J connectivity index is 2.49. The lowest BCUT2D eigenvalue weighted by Crippen LogP contribution is -2.18. The van der Waals surface area contributed by atoms with E-state index in [0.29, 0.717) is 34.8 Å². The van der Waals surface area contributed by atoms with Crippen LogP contribution in [-0.2, 0) is 0 Å². The van der Waals surface area contributed by atoms with E-state index in [1.807, 2.05) is 0 Å². The summed E-state index contributed by atoms with van der Waals surface area (Å²) in [6.07, 6.45) is 0. The van der Waals surface area contributed by atoms with E-state index >= 15 is 0 Å². The molecule has 0 bridgehead atoms. The average Bonchev–Trinajstić information content (AvgIpc) is 2.48. The molecule has 2 rings (SSSR count). The topological polar surface area (TPSA) is 98.2 Å². The third kappa shape index (κ3) is 3.78. The van der Waals surface area contributed by atoms with Crippen LogP contribution in [0.1, 0.15) is 20.7 Å². The van der Waals surface area contributed by atoms with Crippen molar-refractivity contribution < 1.29 is 9.59 Å². The molecule has 0 atom stereocenters. The predicted octanol–water partition coefficient (Wildman–Crippen LogP) is 4.67. The molecule has 0 unspecified atom stereocenters. The van der Waals surface area contributed by atoms with Gasteiger partial charge in [-0.25, -0.2) is 0 Å². The number of anilines is 2. The van der Waals surface area contributed by atoms with Gasteiger partial charge in [0.05, 0.1) is 11.1 Å². The van der Waals surface area contributed by atoms with E-state index < -0.39 is 5.91 Å². The van der Waals surface area contributed by atoms with Crippen LogP contribution in [0.25, 0.3) is 0 Å². The van der Waals surface area contributed by atoms with Crippen LogP contribution in [-0.4, -0.2) is 11.8 Å². The maximum absolute atomic E-state index is 12.6. The number of primary amides is 1. The number of nitrogens with two attached hydrogens (primary N) is 2. The quantitative estimate of drug-likeness (QED) is 0.370. The number of nitrogen functional groups attached to an aromatic ring is 1. The van der Waals surface area contributed by atoms with Crippen LogP contribution >= 0.6 is 63.7 Å². The lowest BCUT2D eigenvalue weighted by atomic mass is 10.1. The van der Waals surface area contributed by atoms with Crippen LogP contribution in [0, 0.1) is 0 Å². The van der Waals surface area contributed by atoms with E-state index in [0.717, 1.165) is 0 Å². The van der Waals surface area contributed by atoms with Gasteiger partial charge in [-0.2, -0.15) is 0 Å². The summed E-state index contributed by atoms with van der Waals surface area (Å²) in [6, 6.07) is 6.75. The van der Waals surface area contributed by atoms with Gasteiger partial charge in [0.25, 0.3) is 11.8 Å². The van der Waals surface area contributed by atoms with Gasteiger partial charge in [0.1, 0.15) is 0 Å². The monoisotopic (exact) mass is 567 g/mol. The van der Waals surface area contributed by atoms with Crippen LogP contribution in [0.15, 0.2) is 42.2 Å². The Labute approximate surface area is 165 Å². The molecule has 120 valence electrons. The Kier molecular flexibility index (Phi) is 5.88. The number of carbonyl (C=O) groups is 2. The smallest absolute Gasteiger partial charge is 0.258 e. The number of amides is 2. The van der Waals surface area contributed by atoms with Crippen LogP contribution in [0.3, 0.4) is 0 Å². The van der Waals surface area contributed by atoms with Gasteiger partial charge >= 0.3 is 0 Å². The number of hydrogen-bond donors (Lipinski definition) is 3. The highest BCUT2D eigenvalue weighted by atomic mass is 79.9. The normalized spacial score (nSPS) is 10.4. The highest BCUT2D eigenvalue weighted by molar-refractivity contribution is 9.14. The fourth-order valence-electron chi connectivity index (χ4n) is 1.81. The van der Waals surface area contributed by atoms with Gasteiger partial charge in [0, 0.05) is 29.3 Å². The molecule has 0 aliphatic carbocycles. The first-order valence-electron chi connectivity index (χ1n) is 6.06. The summed E-state index contributed by atoms with van der Waals surface area (Å²) in [4.78, 5) is 24.1. The summed E-state index contributed by atoms with van der Waals surface area (Å²) < 4.78 is 1.61. The third-order valence-corrected chi connectivity index (χ3v) is 7.14. The first-order valence-corrected chi connectivity index (χ1v) is 9.23. The molecule has 0 aliphatic rings. The van der Waals surface area contributed by atoms with Gasteiger partial charge < -0.3 is 16.8 Å². The zero-order chi connectivity index (χ0) is 17.3. The van der Waals surface area contributed by atoms with E-state index in [1.54, 1.807) is 24.3 Å². The Morgan fingerprint density at radius 3 is 1.70 bits per heavy atom. The minimum atomic E-state index is -0.629. The van der Waals surface area contributed by atoms with Crippen molar-refractivity contribution in [1.82, 2.24) is 0 Å².